The van der Waals surface area contributed by atoms with E-state index in [-0.39, 0.29) is 30.3 Å². The van der Waals surface area contributed by atoms with Crippen LogP contribution in [-0.2, 0) is 10.5 Å². The molecule has 5 nitrogen and oxygen atoms in total. The van der Waals surface area contributed by atoms with Crippen LogP contribution in [0.1, 0.15) is 48.5 Å². The summed E-state index contributed by atoms with van der Waals surface area (Å²) < 4.78 is 0. The van der Waals surface area contributed by atoms with Crippen LogP contribution in [0.3, 0.4) is 0 Å². The lowest BCUT2D eigenvalue weighted by molar-refractivity contribution is -0.123. The first-order valence-electron chi connectivity index (χ1n) is 10.1. The van der Waals surface area contributed by atoms with E-state index in [4.69, 9.17) is 0 Å². The summed E-state index contributed by atoms with van der Waals surface area (Å²) in [6, 6.07) is 7.99. The number of hydrogen-bond acceptors (Lipinski definition) is 4. The first kappa shape index (κ1) is 23.0. The smallest absolute Gasteiger partial charge is 0.253 e. The quantitative estimate of drug-likeness (QED) is 0.704. The molecule has 2 aliphatic rings. The van der Waals surface area contributed by atoms with E-state index in [1.807, 2.05) is 28.8 Å². The molecule has 2 aliphatic heterocycles. The molecule has 2 atom stereocenters. The Morgan fingerprint density at radius 1 is 1.21 bits per heavy atom. The van der Waals surface area contributed by atoms with Crippen LogP contribution in [0, 0.1) is 5.92 Å². The average molecular weight is 426 g/mol. The molecule has 2 fully saturated rings. The summed E-state index contributed by atoms with van der Waals surface area (Å²) in [5.41, 5.74) is 2.03. The number of piperidine rings is 1. The first-order chi connectivity index (χ1) is 13.2. The van der Waals surface area contributed by atoms with Gasteiger partial charge in [0.25, 0.3) is 5.91 Å². The van der Waals surface area contributed by atoms with Gasteiger partial charge in [-0.2, -0.15) is 11.8 Å². The molecule has 2 unspecified atom stereocenters. The van der Waals surface area contributed by atoms with Crippen LogP contribution in [0.5, 0.6) is 0 Å². The molecule has 0 saturated carbocycles. The number of likely N-dealkylation sites (tertiary alicyclic amines) is 1. The van der Waals surface area contributed by atoms with Crippen molar-refractivity contribution in [3.63, 3.8) is 0 Å². The second-order valence-corrected chi connectivity index (χ2v) is 8.76. The summed E-state index contributed by atoms with van der Waals surface area (Å²) in [5.74, 6) is 2.65. The molecule has 0 aliphatic carbocycles. The zero-order chi connectivity index (χ0) is 19.1. The zero-order valence-electron chi connectivity index (χ0n) is 16.6. The molecule has 2 heterocycles. The van der Waals surface area contributed by atoms with Gasteiger partial charge >= 0.3 is 0 Å². The Hall–Kier alpha value is -1.24. The molecule has 2 saturated heterocycles. The van der Waals surface area contributed by atoms with Gasteiger partial charge in [-0.25, -0.2) is 0 Å². The van der Waals surface area contributed by atoms with Crippen LogP contribution in [0.25, 0.3) is 0 Å². The van der Waals surface area contributed by atoms with Gasteiger partial charge in [-0.15, -0.1) is 12.4 Å². The normalized spacial score (nSPS) is 21.8. The van der Waals surface area contributed by atoms with Gasteiger partial charge in [0.15, 0.2) is 0 Å². The number of hydrogen-bond donors (Lipinski definition) is 2. The number of thioether (sulfide) groups is 1. The van der Waals surface area contributed by atoms with Crippen LogP contribution in [0.2, 0.25) is 0 Å². The standard InChI is InChI=1S/C21H31N3O2S.ClH/c1-2-27-15-16-7-9-18(10-8-16)21(26)24-12-4-5-17(14-24)13-23-20(25)19-6-3-11-22-19;/h7-10,17,19,22H,2-6,11-15H2,1H3,(H,23,25);1H. The fourth-order valence-corrected chi connectivity index (χ4v) is 4.47. The number of nitrogens with one attached hydrogen (secondary N) is 2. The highest BCUT2D eigenvalue weighted by atomic mass is 35.5. The van der Waals surface area contributed by atoms with Crippen LogP contribution in [0.15, 0.2) is 24.3 Å². The van der Waals surface area contributed by atoms with Crippen molar-refractivity contribution in [2.75, 3.05) is 31.9 Å². The van der Waals surface area contributed by atoms with E-state index in [0.717, 1.165) is 62.4 Å². The van der Waals surface area contributed by atoms with Crippen LogP contribution < -0.4 is 10.6 Å². The predicted octanol–water partition coefficient (Wildman–Crippen LogP) is 3.08. The molecule has 0 bridgehead atoms. The van der Waals surface area contributed by atoms with E-state index in [0.29, 0.717) is 12.5 Å². The van der Waals surface area contributed by atoms with Crippen molar-refractivity contribution < 1.29 is 9.59 Å². The monoisotopic (exact) mass is 425 g/mol. The van der Waals surface area contributed by atoms with Gasteiger partial charge in [0.1, 0.15) is 0 Å². The minimum Gasteiger partial charge on any atom is -0.354 e. The summed E-state index contributed by atoms with van der Waals surface area (Å²) in [6.45, 7) is 5.28. The number of rotatable bonds is 7. The van der Waals surface area contributed by atoms with Crippen LogP contribution in [-0.4, -0.2) is 54.7 Å². The van der Waals surface area contributed by atoms with E-state index in [1.165, 1.54) is 5.56 Å². The number of carbonyl (C=O) groups is 2. The maximum atomic E-state index is 12.8. The molecule has 0 aromatic heterocycles. The van der Waals surface area contributed by atoms with E-state index >= 15 is 0 Å². The highest BCUT2D eigenvalue weighted by Gasteiger charge is 2.26. The van der Waals surface area contributed by atoms with Gasteiger partial charge in [0.2, 0.25) is 5.91 Å². The molecule has 156 valence electrons. The Morgan fingerprint density at radius 2 is 2.00 bits per heavy atom. The van der Waals surface area contributed by atoms with Crippen molar-refractivity contribution in [1.29, 1.82) is 0 Å². The van der Waals surface area contributed by atoms with E-state index < -0.39 is 0 Å². The molecule has 0 spiro atoms. The van der Waals surface area contributed by atoms with Crippen molar-refractivity contribution in [1.82, 2.24) is 15.5 Å². The molecule has 1 aromatic carbocycles. The number of halogens is 1. The summed E-state index contributed by atoms with van der Waals surface area (Å²) >= 11 is 1.89. The zero-order valence-corrected chi connectivity index (χ0v) is 18.2. The Bertz CT molecular complexity index is 635. The fourth-order valence-electron chi connectivity index (χ4n) is 3.84. The van der Waals surface area contributed by atoms with E-state index in [2.05, 4.69) is 29.7 Å². The van der Waals surface area contributed by atoms with Gasteiger partial charge in [0.05, 0.1) is 6.04 Å². The van der Waals surface area contributed by atoms with Crippen molar-refractivity contribution in [2.24, 2.45) is 5.92 Å². The Morgan fingerprint density at radius 3 is 2.68 bits per heavy atom. The molecule has 7 heteroatoms. The maximum Gasteiger partial charge on any atom is 0.253 e. The summed E-state index contributed by atoms with van der Waals surface area (Å²) in [4.78, 5) is 27.0. The summed E-state index contributed by atoms with van der Waals surface area (Å²) in [7, 11) is 0. The predicted molar refractivity (Wildman–Crippen MR) is 118 cm³/mol. The van der Waals surface area contributed by atoms with Gasteiger partial charge in [-0.05, 0) is 61.6 Å². The Balaban J connectivity index is 0.00000280. The van der Waals surface area contributed by atoms with Crippen molar-refractivity contribution in [3.05, 3.63) is 35.4 Å². The average Bonchev–Trinajstić information content (AvgIpc) is 3.25. The second kappa shape index (κ2) is 11.7. The minimum absolute atomic E-state index is 0. The molecular weight excluding hydrogens is 394 g/mol. The molecule has 1 aromatic rings. The minimum atomic E-state index is -0.0317. The number of carbonyl (C=O) groups excluding carboxylic acids is 2. The van der Waals surface area contributed by atoms with Crippen LogP contribution in [0.4, 0.5) is 0 Å². The number of nitrogens with zero attached hydrogens (tertiary/aromatic N) is 1. The summed E-state index contributed by atoms with van der Waals surface area (Å²) in [5, 5.41) is 6.31. The third-order valence-electron chi connectivity index (χ3n) is 5.42. The Kier molecular flexibility index (Phi) is 9.62. The molecule has 28 heavy (non-hydrogen) atoms. The SMILES string of the molecule is CCSCc1ccc(C(=O)N2CCCC(CNC(=O)C3CCCN3)C2)cc1.Cl. The molecule has 2 amide bonds. The number of benzene rings is 1. The number of amides is 2. The van der Waals surface area contributed by atoms with Crippen molar-refractivity contribution in [2.45, 2.75) is 44.4 Å². The fraction of sp³-hybridized carbons (Fsp3) is 0.619. The maximum absolute atomic E-state index is 12.8. The third-order valence-corrected chi connectivity index (χ3v) is 6.37. The van der Waals surface area contributed by atoms with Gasteiger partial charge < -0.3 is 15.5 Å². The molecule has 0 radical (unpaired) electrons. The van der Waals surface area contributed by atoms with Crippen molar-refractivity contribution >= 4 is 36.0 Å². The Labute approximate surface area is 178 Å². The second-order valence-electron chi connectivity index (χ2n) is 7.49. The molecular formula is C21H32ClN3O2S. The largest absolute Gasteiger partial charge is 0.354 e. The summed E-state index contributed by atoms with van der Waals surface area (Å²) in [6.07, 6.45) is 4.06. The lowest BCUT2D eigenvalue weighted by atomic mass is 9.97. The van der Waals surface area contributed by atoms with Gasteiger partial charge in [0, 0.05) is 31.0 Å². The highest BCUT2D eigenvalue weighted by molar-refractivity contribution is 7.98. The first-order valence-corrected chi connectivity index (χ1v) is 11.3. The topological polar surface area (TPSA) is 61.4 Å². The van der Waals surface area contributed by atoms with Gasteiger partial charge in [-0.1, -0.05) is 19.1 Å². The van der Waals surface area contributed by atoms with E-state index in [1.54, 1.807) is 0 Å². The lowest BCUT2D eigenvalue weighted by Gasteiger charge is -2.33. The molecule has 2 N–H and O–H groups in total. The van der Waals surface area contributed by atoms with Crippen LogP contribution >= 0.6 is 24.2 Å². The highest BCUT2D eigenvalue weighted by Crippen LogP contribution is 2.19. The van der Waals surface area contributed by atoms with Gasteiger partial charge in [-0.3, -0.25) is 9.59 Å². The lowest BCUT2D eigenvalue weighted by Crippen LogP contribution is -2.46. The van der Waals surface area contributed by atoms with Crippen molar-refractivity contribution in [3.8, 4) is 0 Å². The third kappa shape index (κ3) is 6.39. The van der Waals surface area contributed by atoms with E-state index in [9.17, 15) is 9.59 Å². The molecule has 3 rings (SSSR count).